The summed E-state index contributed by atoms with van der Waals surface area (Å²) in [6, 6.07) is 4.77. The lowest BCUT2D eigenvalue weighted by Gasteiger charge is -2.04. The van der Waals surface area contributed by atoms with Gasteiger partial charge in [-0.25, -0.2) is 0 Å². The summed E-state index contributed by atoms with van der Waals surface area (Å²) in [5.74, 6) is -1.61. The van der Waals surface area contributed by atoms with Gasteiger partial charge in [0.25, 0.3) is 5.91 Å². The molecule has 0 bridgehead atoms. The predicted molar refractivity (Wildman–Crippen MR) is 59.1 cm³/mol. The quantitative estimate of drug-likeness (QED) is 0.894. The van der Waals surface area contributed by atoms with Crippen LogP contribution in [-0.4, -0.2) is 23.5 Å². The minimum atomic E-state index is -1.10. The van der Waals surface area contributed by atoms with Gasteiger partial charge >= 0.3 is 5.97 Å². The lowest BCUT2D eigenvalue weighted by Crippen LogP contribution is -2.29. The molecule has 0 aliphatic carbocycles. The molecule has 80 valence electrons. The van der Waals surface area contributed by atoms with Gasteiger partial charge in [-0.05, 0) is 18.2 Å². The molecule has 15 heavy (non-hydrogen) atoms. The summed E-state index contributed by atoms with van der Waals surface area (Å²) in [7, 11) is 0. The van der Waals surface area contributed by atoms with Gasteiger partial charge in [0.15, 0.2) is 0 Å². The van der Waals surface area contributed by atoms with Gasteiger partial charge in [0.2, 0.25) is 0 Å². The van der Waals surface area contributed by atoms with Gasteiger partial charge in [-0.15, -0.1) is 0 Å². The molecule has 0 saturated heterocycles. The third kappa shape index (κ3) is 3.53. The van der Waals surface area contributed by atoms with E-state index in [0.29, 0.717) is 4.47 Å². The van der Waals surface area contributed by atoms with Gasteiger partial charge in [0, 0.05) is 4.47 Å². The Morgan fingerprint density at radius 3 is 2.73 bits per heavy atom. The number of amides is 1. The first-order chi connectivity index (χ1) is 7.00. The zero-order chi connectivity index (χ0) is 11.4. The number of carboxylic acids is 1. The van der Waals surface area contributed by atoms with Gasteiger partial charge in [-0.1, -0.05) is 27.5 Å². The summed E-state index contributed by atoms with van der Waals surface area (Å²) in [5.41, 5.74) is 0.243. The van der Waals surface area contributed by atoms with Crippen molar-refractivity contribution < 1.29 is 14.7 Å². The molecule has 4 nitrogen and oxygen atoms in total. The van der Waals surface area contributed by atoms with Crippen molar-refractivity contribution in [2.75, 3.05) is 6.54 Å². The zero-order valence-corrected chi connectivity index (χ0v) is 9.80. The molecule has 0 spiro atoms. The fraction of sp³-hybridized carbons (Fsp3) is 0.111. The second-order valence-corrected chi connectivity index (χ2v) is 4.02. The summed E-state index contributed by atoms with van der Waals surface area (Å²) in [5, 5.41) is 10.9. The molecule has 0 heterocycles. The van der Waals surface area contributed by atoms with Crippen LogP contribution in [0.1, 0.15) is 10.4 Å². The summed E-state index contributed by atoms with van der Waals surface area (Å²) < 4.78 is 0.701. The maximum Gasteiger partial charge on any atom is 0.322 e. The SMILES string of the molecule is O=C(O)CNC(=O)c1cc(Br)ccc1Cl. The molecular weight excluding hydrogens is 285 g/mol. The number of carboxylic acid groups (broad SMARTS) is 1. The van der Waals surface area contributed by atoms with Crippen molar-refractivity contribution in [3.8, 4) is 0 Å². The Hall–Kier alpha value is -1.07. The lowest BCUT2D eigenvalue weighted by atomic mass is 10.2. The molecule has 1 amide bonds. The second-order valence-electron chi connectivity index (χ2n) is 2.70. The van der Waals surface area contributed by atoms with Crippen LogP contribution in [0.2, 0.25) is 5.02 Å². The number of rotatable bonds is 3. The molecule has 0 radical (unpaired) electrons. The Bertz CT molecular complexity index is 408. The number of hydrogen-bond donors (Lipinski definition) is 2. The zero-order valence-electron chi connectivity index (χ0n) is 7.46. The van der Waals surface area contributed by atoms with Crippen molar-refractivity contribution >= 4 is 39.4 Å². The first-order valence-corrected chi connectivity index (χ1v) is 5.13. The van der Waals surface area contributed by atoms with E-state index in [-0.39, 0.29) is 10.6 Å². The van der Waals surface area contributed by atoms with E-state index in [9.17, 15) is 9.59 Å². The van der Waals surface area contributed by atoms with Crippen LogP contribution in [0.4, 0.5) is 0 Å². The fourth-order valence-electron chi connectivity index (χ4n) is 0.923. The molecule has 0 fully saturated rings. The highest BCUT2D eigenvalue weighted by Gasteiger charge is 2.11. The molecule has 0 unspecified atom stereocenters. The number of carbonyl (C=O) groups is 2. The van der Waals surface area contributed by atoms with Gasteiger partial charge in [-0.3, -0.25) is 9.59 Å². The Morgan fingerprint density at radius 2 is 2.13 bits per heavy atom. The molecule has 0 aromatic heterocycles. The highest BCUT2D eigenvalue weighted by atomic mass is 79.9. The molecular formula is C9H7BrClNO3. The Kier molecular flexibility index (Phi) is 4.11. The Balaban J connectivity index is 2.81. The van der Waals surface area contributed by atoms with Gasteiger partial charge in [0.1, 0.15) is 6.54 Å². The maximum absolute atomic E-state index is 11.4. The molecule has 1 aromatic carbocycles. The first kappa shape index (κ1) is 12.0. The normalized spacial score (nSPS) is 9.73. The maximum atomic E-state index is 11.4. The molecule has 1 rings (SSSR count). The monoisotopic (exact) mass is 291 g/mol. The molecule has 0 aliphatic rings. The summed E-state index contributed by atoms with van der Waals surface area (Å²) in [6.07, 6.45) is 0. The fourth-order valence-corrected chi connectivity index (χ4v) is 1.49. The molecule has 0 aliphatic heterocycles. The molecule has 1 aromatic rings. The van der Waals surface area contributed by atoms with Crippen molar-refractivity contribution in [2.24, 2.45) is 0 Å². The van der Waals surface area contributed by atoms with Crippen LogP contribution in [0.3, 0.4) is 0 Å². The van der Waals surface area contributed by atoms with Crippen LogP contribution in [-0.2, 0) is 4.79 Å². The van der Waals surface area contributed by atoms with Crippen molar-refractivity contribution in [2.45, 2.75) is 0 Å². The summed E-state index contributed by atoms with van der Waals surface area (Å²) >= 11 is 8.97. The first-order valence-electron chi connectivity index (χ1n) is 3.95. The highest BCUT2D eigenvalue weighted by molar-refractivity contribution is 9.10. The van der Waals surface area contributed by atoms with E-state index in [1.165, 1.54) is 6.07 Å². The number of carbonyl (C=O) groups excluding carboxylic acids is 1. The van der Waals surface area contributed by atoms with E-state index in [1.54, 1.807) is 12.1 Å². The topological polar surface area (TPSA) is 66.4 Å². The molecule has 2 N–H and O–H groups in total. The number of hydrogen-bond acceptors (Lipinski definition) is 2. The van der Waals surface area contributed by atoms with Crippen LogP contribution in [0.15, 0.2) is 22.7 Å². The van der Waals surface area contributed by atoms with E-state index >= 15 is 0 Å². The lowest BCUT2D eigenvalue weighted by molar-refractivity contribution is -0.135. The van der Waals surface area contributed by atoms with Crippen molar-refractivity contribution in [1.82, 2.24) is 5.32 Å². The minimum Gasteiger partial charge on any atom is -0.480 e. The average Bonchev–Trinajstić information content (AvgIpc) is 2.18. The van der Waals surface area contributed by atoms with Crippen molar-refractivity contribution in [3.05, 3.63) is 33.3 Å². The van der Waals surface area contributed by atoms with Crippen LogP contribution >= 0.6 is 27.5 Å². The van der Waals surface area contributed by atoms with E-state index < -0.39 is 18.4 Å². The number of nitrogens with one attached hydrogen (secondary N) is 1. The van der Waals surface area contributed by atoms with Gasteiger partial charge in [0.05, 0.1) is 10.6 Å². The second kappa shape index (κ2) is 5.14. The van der Waals surface area contributed by atoms with Crippen molar-refractivity contribution in [1.29, 1.82) is 0 Å². The van der Waals surface area contributed by atoms with Gasteiger partial charge in [-0.2, -0.15) is 0 Å². The molecule has 0 saturated carbocycles. The summed E-state index contributed by atoms with van der Waals surface area (Å²) in [6.45, 7) is -0.429. The van der Waals surface area contributed by atoms with Crippen LogP contribution < -0.4 is 5.32 Å². The van der Waals surface area contributed by atoms with Crippen LogP contribution in [0.25, 0.3) is 0 Å². The predicted octanol–water partition coefficient (Wildman–Crippen LogP) is 1.92. The number of benzene rings is 1. The van der Waals surface area contributed by atoms with Crippen LogP contribution in [0.5, 0.6) is 0 Å². The minimum absolute atomic E-state index is 0.243. The van der Waals surface area contributed by atoms with Crippen LogP contribution in [0, 0.1) is 0 Å². The summed E-state index contributed by atoms with van der Waals surface area (Å²) in [4.78, 5) is 21.7. The molecule has 0 atom stereocenters. The number of aliphatic carboxylic acids is 1. The molecule has 6 heteroatoms. The average molecular weight is 293 g/mol. The standard InChI is InChI=1S/C9H7BrClNO3/c10-5-1-2-7(11)6(3-5)9(15)12-4-8(13)14/h1-3H,4H2,(H,12,15)(H,13,14). The third-order valence-electron chi connectivity index (χ3n) is 1.57. The Morgan fingerprint density at radius 1 is 1.47 bits per heavy atom. The number of halogens is 2. The van der Waals surface area contributed by atoms with E-state index in [2.05, 4.69) is 21.2 Å². The van der Waals surface area contributed by atoms with Crippen molar-refractivity contribution in [3.63, 3.8) is 0 Å². The van der Waals surface area contributed by atoms with E-state index in [0.717, 1.165) is 0 Å². The largest absolute Gasteiger partial charge is 0.480 e. The third-order valence-corrected chi connectivity index (χ3v) is 2.40. The van der Waals surface area contributed by atoms with Gasteiger partial charge < -0.3 is 10.4 Å². The Labute approximate surface area is 99.4 Å². The van der Waals surface area contributed by atoms with E-state index in [4.69, 9.17) is 16.7 Å². The highest BCUT2D eigenvalue weighted by Crippen LogP contribution is 2.20. The smallest absolute Gasteiger partial charge is 0.322 e. The van der Waals surface area contributed by atoms with E-state index in [1.807, 2.05) is 0 Å².